The fraction of sp³-hybridized carbons (Fsp3) is 0.125. The van der Waals surface area contributed by atoms with Gasteiger partial charge in [0.05, 0.1) is 0 Å². The predicted octanol–water partition coefficient (Wildman–Crippen LogP) is 0.691. The Bertz CT molecular complexity index is 282. The van der Waals surface area contributed by atoms with E-state index in [-0.39, 0.29) is 0 Å². The van der Waals surface area contributed by atoms with Crippen molar-refractivity contribution < 1.29 is 14.6 Å². The zero-order valence-electron chi connectivity index (χ0n) is 6.64. The summed E-state index contributed by atoms with van der Waals surface area (Å²) < 4.78 is 0. The van der Waals surface area contributed by atoms with Crippen LogP contribution >= 0.6 is 7.72 Å². The predicted molar refractivity (Wildman–Crippen MR) is 48.1 cm³/mol. The summed E-state index contributed by atoms with van der Waals surface area (Å²) in [4.78, 5) is 29.6. The van der Waals surface area contributed by atoms with Crippen LogP contribution in [0.25, 0.3) is 0 Å². The third-order valence-electron chi connectivity index (χ3n) is 1.56. The smallest absolute Gasteiger partial charge is 0.247 e. The van der Waals surface area contributed by atoms with Gasteiger partial charge in [-0.25, -0.2) is 14.6 Å². The van der Waals surface area contributed by atoms with E-state index in [9.17, 15) is 14.6 Å². The molecule has 0 aliphatic heterocycles. The number of rotatable bonds is 2. The molecule has 0 aromatic heterocycles. The quantitative estimate of drug-likeness (QED) is 0.666. The lowest BCUT2D eigenvalue weighted by molar-refractivity contribution is -0.111. The van der Waals surface area contributed by atoms with E-state index in [4.69, 9.17) is 0 Å². The molecule has 0 saturated carbocycles. The fourth-order valence-electron chi connectivity index (χ4n) is 0.818. The number of hydrogen-bond acceptors (Lipinski definition) is 3. The second kappa shape index (κ2) is 3.31. The first-order valence-corrected chi connectivity index (χ1v) is 5.16. The Morgan fingerprint density at radius 2 is 1.75 bits per heavy atom. The van der Waals surface area contributed by atoms with Gasteiger partial charge in [-0.3, -0.25) is 0 Å². The van der Waals surface area contributed by atoms with Crippen molar-refractivity contribution in [3.63, 3.8) is 0 Å². The molecule has 3 nitrogen and oxygen atoms in total. The van der Waals surface area contributed by atoms with Gasteiger partial charge >= 0.3 is 13.2 Å². The zero-order chi connectivity index (χ0) is 9.19. The molecule has 0 fully saturated rings. The minimum absolute atomic E-state index is 0.303. The van der Waals surface area contributed by atoms with Gasteiger partial charge in [-0.1, -0.05) is 18.2 Å². The van der Waals surface area contributed by atoms with E-state index in [0.717, 1.165) is 0 Å². The van der Waals surface area contributed by atoms with Crippen molar-refractivity contribution in [1.29, 1.82) is 0 Å². The molecule has 2 N–H and O–H groups in total. The third kappa shape index (κ3) is 1.69. The molecule has 0 aliphatic rings. The van der Waals surface area contributed by atoms with E-state index < -0.39 is 13.2 Å². The zero-order valence-corrected chi connectivity index (χ0v) is 7.53. The summed E-state index contributed by atoms with van der Waals surface area (Å²) >= 11 is 0. The van der Waals surface area contributed by atoms with Gasteiger partial charge in [0.25, 0.3) is 0 Å². The maximum Gasteiger partial charge on any atom is 0.370 e. The summed E-state index contributed by atoms with van der Waals surface area (Å²) in [6, 6.07) is 8.16. The largest absolute Gasteiger partial charge is 0.370 e. The van der Waals surface area contributed by atoms with Crippen molar-refractivity contribution in [2.75, 3.05) is 0 Å². The monoisotopic (exact) mass is 185 g/mol. The van der Waals surface area contributed by atoms with Crippen LogP contribution in [0.15, 0.2) is 30.3 Å². The molecular formula is C8H10O3P+. The van der Waals surface area contributed by atoms with E-state index in [2.05, 4.69) is 0 Å². The van der Waals surface area contributed by atoms with Gasteiger partial charge in [0, 0.05) is 6.92 Å². The first kappa shape index (κ1) is 9.33. The van der Waals surface area contributed by atoms with Gasteiger partial charge < -0.3 is 0 Å². The molecule has 1 aromatic carbocycles. The molecule has 1 rings (SSSR count). The molecule has 0 aliphatic carbocycles. The standard InChI is InChI=1S/C8H10O3P/c1-7(9)12(10,11)8-5-3-2-4-6-8/h2-6,10-11H,1H3/q+1. The van der Waals surface area contributed by atoms with Gasteiger partial charge in [0.1, 0.15) is 0 Å². The fourth-order valence-corrected chi connectivity index (χ4v) is 1.77. The summed E-state index contributed by atoms with van der Waals surface area (Å²) in [5, 5.41) is 0.303. The average Bonchev–Trinajstić information content (AvgIpc) is 2.06. The highest BCUT2D eigenvalue weighted by Crippen LogP contribution is 2.48. The molecule has 0 unspecified atom stereocenters. The number of carbonyl (C=O) groups excluding carboxylic acids is 1. The molecular weight excluding hydrogens is 175 g/mol. The summed E-state index contributed by atoms with van der Waals surface area (Å²) in [6.07, 6.45) is 0. The van der Waals surface area contributed by atoms with Crippen molar-refractivity contribution in [2.45, 2.75) is 6.92 Å². The lowest BCUT2D eigenvalue weighted by Crippen LogP contribution is -2.15. The molecule has 0 saturated heterocycles. The van der Waals surface area contributed by atoms with Crippen LogP contribution in [0, 0.1) is 0 Å². The highest BCUT2D eigenvalue weighted by Gasteiger charge is 2.42. The van der Waals surface area contributed by atoms with Gasteiger partial charge in [-0.15, -0.1) is 0 Å². The van der Waals surface area contributed by atoms with Crippen LogP contribution in [0.1, 0.15) is 6.92 Å². The molecule has 0 spiro atoms. The highest BCUT2D eigenvalue weighted by molar-refractivity contribution is 7.87. The first-order chi connectivity index (χ1) is 5.55. The number of carbonyl (C=O) groups is 1. The van der Waals surface area contributed by atoms with Crippen molar-refractivity contribution in [3.8, 4) is 0 Å². The van der Waals surface area contributed by atoms with Gasteiger partial charge in [-0.05, 0) is 12.1 Å². The van der Waals surface area contributed by atoms with Crippen LogP contribution in [-0.4, -0.2) is 15.3 Å². The highest BCUT2D eigenvalue weighted by atomic mass is 31.2. The lowest BCUT2D eigenvalue weighted by Gasteiger charge is -2.06. The molecule has 0 heterocycles. The van der Waals surface area contributed by atoms with Crippen LogP contribution in [-0.2, 0) is 4.79 Å². The maximum atomic E-state index is 10.8. The van der Waals surface area contributed by atoms with Gasteiger partial charge in [0.15, 0.2) is 5.30 Å². The Labute approximate surface area is 71.2 Å². The lowest BCUT2D eigenvalue weighted by atomic mass is 10.4. The molecule has 64 valence electrons. The topological polar surface area (TPSA) is 57.5 Å². The second-order valence-corrected chi connectivity index (χ2v) is 4.80. The number of hydrogen-bond donors (Lipinski definition) is 2. The minimum Gasteiger partial charge on any atom is -0.247 e. The van der Waals surface area contributed by atoms with Crippen LogP contribution in [0.4, 0.5) is 0 Å². The SMILES string of the molecule is CC(=O)[P+](O)(O)c1ccccc1. The van der Waals surface area contributed by atoms with Gasteiger partial charge in [0.2, 0.25) is 0 Å². The Kier molecular flexibility index (Phi) is 2.58. The molecule has 4 heteroatoms. The van der Waals surface area contributed by atoms with E-state index in [1.54, 1.807) is 18.2 Å². The second-order valence-electron chi connectivity index (χ2n) is 2.46. The van der Waals surface area contributed by atoms with Crippen molar-refractivity contribution in [2.24, 2.45) is 0 Å². The van der Waals surface area contributed by atoms with Crippen molar-refractivity contribution in [1.82, 2.24) is 0 Å². The van der Waals surface area contributed by atoms with Crippen LogP contribution in [0.5, 0.6) is 0 Å². The third-order valence-corrected chi connectivity index (χ3v) is 3.45. The van der Waals surface area contributed by atoms with Crippen molar-refractivity contribution in [3.05, 3.63) is 30.3 Å². The maximum absolute atomic E-state index is 10.8. The van der Waals surface area contributed by atoms with Crippen LogP contribution < -0.4 is 5.30 Å². The summed E-state index contributed by atoms with van der Waals surface area (Å²) in [6.45, 7) is 1.18. The average molecular weight is 185 g/mol. The molecule has 1 aromatic rings. The van der Waals surface area contributed by atoms with Crippen LogP contribution in [0.2, 0.25) is 0 Å². The molecule has 0 radical (unpaired) electrons. The van der Waals surface area contributed by atoms with Crippen molar-refractivity contribution >= 4 is 18.5 Å². The minimum atomic E-state index is -3.51. The Balaban J connectivity index is 3.06. The Hall–Kier alpha value is -0.760. The summed E-state index contributed by atoms with van der Waals surface area (Å²) in [5.74, 6) is 0. The Morgan fingerprint density at radius 1 is 1.25 bits per heavy atom. The molecule has 0 amide bonds. The normalized spacial score (nSPS) is 11.2. The summed E-state index contributed by atoms with van der Waals surface area (Å²) in [5.41, 5.74) is -0.575. The molecule has 0 atom stereocenters. The number of benzene rings is 1. The van der Waals surface area contributed by atoms with E-state index in [0.29, 0.717) is 5.30 Å². The Morgan fingerprint density at radius 3 is 2.17 bits per heavy atom. The van der Waals surface area contributed by atoms with E-state index in [1.807, 2.05) is 0 Å². The van der Waals surface area contributed by atoms with Gasteiger partial charge in [-0.2, -0.15) is 0 Å². The first-order valence-electron chi connectivity index (χ1n) is 3.46. The summed E-state index contributed by atoms with van der Waals surface area (Å²) in [7, 11) is -3.51. The van der Waals surface area contributed by atoms with E-state index >= 15 is 0 Å². The van der Waals surface area contributed by atoms with Crippen LogP contribution in [0.3, 0.4) is 0 Å². The molecule has 12 heavy (non-hydrogen) atoms. The van der Waals surface area contributed by atoms with E-state index in [1.165, 1.54) is 19.1 Å². The molecule has 0 bridgehead atoms.